The fourth-order valence-electron chi connectivity index (χ4n) is 0.895. The minimum atomic E-state index is -4.70. The maximum atomic E-state index is 12.3. The van der Waals surface area contributed by atoms with Crippen molar-refractivity contribution in [2.24, 2.45) is 0 Å². The summed E-state index contributed by atoms with van der Waals surface area (Å²) >= 11 is 5.19. The third-order valence-electron chi connectivity index (χ3n) is 1.38. The molecule has 0 aromatic heterocycles. The van der Waals surface area contributed by atoms with Gasteiger partial charge in [0.05, 0.1) is 19.8 Å². The lowest BCUT2D eigenvalue weighted by Crippen LogP contribution is -2.49. The Kier molecular flexibility index (Phi) is 3.39. The van der Waals surface area contributed by atoms with Gasteiger partial charge >= 0.3 is 12.1 Å². The second-order valence-electron chi connectivity index (χ2n) is 2.29. The molecule has 1 rings (SSSR count). The maximum absolute atomic E-state index is 12.3. The van der Waals surface area contributed by atoms with Crippen LogP contribution in [0.2, 0.25) is 0 Å². The summed E-state index contributed by atoms with van der Waals surface area (Å²) in [4.78, 5) is 0. The minimum absolute atomic E-state index is 0.0510. The van der Waals surface area contributed by atoms with Crippen LogP contribution >= 0.6 is 11.6 Å². The lowest BCUT2D eigenvalue weighted by molar-refractivity contribution is -0.449. The molecule has 0 saturated carbocycles. The van der Waals surface area contributed by atoms with E-state index in [1.807, 2.05) is 0 Å². The van der Waals surface area contributed by atoms with Crippen LogP contribution in [0.4, 0.5) is 13.2 Å². The molecular formula is C6H8ClF3O3. The Morgan fingerprint density at radius 3 is 2.23 bits per heavy atom. The van der Waals surface area contributed by atoms with E-state index in [0.717, 1.165) is 0 Å². The van der Waals surface area contributed by atoms with Crippen molar-refractivity contribution in [2.45, 2.75) is 12.1 Å². The number of halogens is 4. The molecule has 1 heterocycles. The number of hydrogen-bond acceptors (Lipinski definition) is 3. The van der Waals surface area contributed by atoms with Gasteiger partial charge in [0.15, 0.2) is 0 Å². The Labute approximate surface area is 77.7 Å². The maximum Gasteiger partial charge on any atom is 0.473 e. The van der Waals surface area contributed by atoms with Crippen molar-refractivity contribution in [3.05, 3.63) is 0 Å². The van der Waals surface area contributed by atoms with E-state index in [0.29, 0.717) is 0 Å². The molecule has 0 N–H and O–H groups in total. The summed E-state index contributed by atoms with van der Waals surface area (Å²) in [6.07, 6.45) is -4.70. The molecule has 0 unspecified atom stereocenters. The molecule has 0 amide bonds. The average Bonchev–Trinajstić information content (AvgIpc) is 2.48. The van der Waals surface area contributed by atoms with Gasteiger partial charge in [-0.1, -0.05) is 0 Å². The zero-order chi connectivity index (χ0) is 9.95. The van der Waals surface area contributed by atoms with Crippen LogP contribution in [0, 0.1) is 0 Å². The lowest BCUT2D eigenvalue weighted by atomic mass is 10.5. The van der Waals surface area contributed by atoms with Gasteiger partial charge in [-0.3, -0.25) is 0 Å². The first kappa shape index (κ1) is 11.0. The molecule has 78 valence electrons. The lowest BCUT2D eigenvalue weighted by Gasteiger charge is -2.28. The van der Waals surface area contributed by atoms with Gasteiger partial charge in [-0.05, 0) is 0 Å². The van der Waals surface area contributed by atoms with Crippen molar-refractivity contribution < 1.29 is 27.4 Å². The molecule has 3 nitrogen and oxygen atoms in total. The van der Waals surface area contributed by atoms with E-state index in [9.17, 15) is 13.2 Å². The highest BCUT2D eigenvalue weighted by atomic mass is 35.5. The van der Waals surface area contributed by atoms with Gasteiger partial charge in [-0.25, -0.2) is 0 Å². The second-order valence-corrected chi connectivity index (χ2v) is 2.67. The largest absolute Gasteiger partial charge is 0.473 e. The summed E-state index contributed by atoms with van der Waals surface area (Å²) in [5.41, 5.74) is 0. The van der Waals surface area contributed by atoms with Crippen molar-refractivity contribution in [3.8, 4) is 0 Å². The van der Waals surface area contributed by atoms with Gasteiger partial charge in [-0.2, -0.15) is 13.2 Å². The molecule has 7 heteroatoms. The fourth-order valence-corrected chi connectivity index (χ4v) is 0.973. The Morgan fingerprint density at radius 2 is 1.85 bits per heavy atom. The quantitative estimate of drug-likeness (QED) is 0.675. The third-order valence-corrected chi connectivity index (χ3v) is 1.54. The first-order valence-electron chi connectivity index (χ1n) is 3.56. The molecule has 0 aliphatic carbocycles. The zero-order valence-electron chi connectivity index (χ0n) is 6.57. The first-order chi connectivity index (χ1) is 6.02. The van der Waals surface area contributed by atoms with Crippen LogP contribution in [-0.2, 0) is 14.2 Å². The van der Waals surface area contributed by atoms with E-state index in [2.05, 4.69) is 14.2 Å². The van der Waals surface area contributed by atoms with Crippen LogP contribution in [-0.4, -0.2) is 37.9 Å². The van der Waals surface area contributed by atoms with Crippen LogP contribution < -0.4 is 0 Å². The second kappa shape index (κ2) is 4.00. The molecule has 0 aromatic carbocycles. The van der Waals surface area contributed by atoms with Crippen LogP contribution in [0.1, 0.15) is 0 Å². The Morgan fingerprint density at radius 1 is 1.31 bits per heavy atom. The summed E-state index contributed by atoms with van der Waals surface area (Å²) in [6.45, 7) is -0.551. The number of ether oxygens (including phenoxy) is 3. The SMILES string of the molecule is FC(F)(F)C1(OCCCl)OCCO1. The summed E-state index contributed by atoms with van der Waals surface area (Å²) in [6, 6.07) is 0. The van der Waals surface area contributed by atoms with E-state index < -0.39 is 12.1 Å². The van der Waals surface area contributed by atoms with Crippen LogP contribution in [0.15, 0.2) is 0 Å². The standard InChI is InChI=1S/C6H8ClF3O3/c7-1-2-11-6(5(8,9)10)12-3-4-13-6/h1-4H2. The van der Waals surface area contributed by atoms with Crippen molar-refractivity contribution in [3.63, 3.8) is 0 Å². The summed E-state index contributed by atoms with van der Waals surface area (Å²) in [5, 5.41) is 0. The highest BCUT2D eigenvalue weighted by molar-refractivity contribution is 6.17. The van der Waals surface area contributed by atoms with Gasteiger partial charge in [0.2, 0.25) is 0 Å². The van der Waals surface area contributed by atoms with Crippen molar-refractivity contribution >= 4 is 11.6 Å². The highest BCUT2D eigenvalue weighted by Gasteiger charge is 2.62. The predicted octanol–water partition coefficient (Wildman–Crippen LogP) is 1.50. The van der Waals surface area contributed by atoms with Gasteiger partial charge in [0.1, 0.15) is 0 Å². The van der Waals surface area contributed by atoms with E-state index in [1.165, 1.54) is 0 Å². The summed E-state index contributed by atoms with van der Waals surface area (Å²) < 4.78 is 50.1. The molecular weight excluding hydrogens is 213 g/mol. The van der Waals surface area contributed by atoms with E-state index >= 15 is 0 Å². The fraction of sp³-hybridized carbons (Fsp3) is 1.00. The Balaban J connectivity index is 2.64. The molecule has 1 aliphatic rings. The van der Waals surface area contributed by atoms with Crippen molar-refractivity contribution in [2.75, 3.05) is 25.7 Å². The molecule has 0 bridgehead atoms. The van der Waals surface area contributed by atoms with Gasteiger partial charge in [-0.15, -0.1) is 11.6 Å². The molecule has 1 saturated heterocycles. The van der Waals surface area contributed by atoms with E-state index in [4.69, 9.17) is 11.6 Å². The van der Waals surface area contributed by atoms with Gasteiger partial charge in [0, 0.05) is 5.88 Å². The summed E-state index contributed by atoms with van der Waals surface area (Å²) in [7, 11) is 0. The van der Waals surface area contributed by atoms with Gasteiger partial charge < -0.3 is 14.2 Å². The number of alkyl halides is 4. The van der Waals surface area contributed by atoms with Crippen LogP contribution in [0.25, 0.3) is 0 Å². The molecule has 0 atom stereocenters. The normalized spacial score (nSPS) is 22.2. The van der Waals surface area contributed by atoms with Crippen LogP contribution in [0.3, 0.4) is 0 Å². The topological polar surface area (TPSA) is 27.7 Å². The average molecular weight is 221 g/mol. The zero-order valence-corrected chi connectivity index (χ0v) is 7.32. The Bertz CT molecular complexity index is 167. The summed E-state index contributed by atoms with van der Waals surface area (Å²) in [5.74, 6) is -2.95. The van der Waals surface area contributed by atoms with Crippen molar-refractivity contribution in [1.29, 1.82) is 0 Å². The van der Waals surface area contributed by atoms with Crippen LogP contribution in [0.5, 0.6) is 0 Å². The highest BCUT2D eigenvalue weighted by Crippen LogP contribution is 2.38. The number of hydrogen-bond donors (Lipinski definition) is 0. The molecule has 0 spiro atoms. The molecule has 0 aromatic rings. The monoisotopic (exact) mass is 220 g/mol. The Hall–Kier alpha value is -0.0400. The minimum Gasteiger partial charge on any atom is -0.319 e. The van der Waals surface area contributed by atoms with Gasteiger partial charge in [0.25, 0.3) is 0 Å². The molecule has 0 radical (unpaired) electrons. The molecule has 13 heavy (non-hydrogen) atoms. The van der Waals surface area contributed by atoms with E-state index in [-0.39, 0.29) is 25.7 Å². The first-order valence-corrected chi connectivity index (χ1v) is 4.10. The molecule has 1 aliphatic heterocycles. The van der Waals surface area contributed by atoms with Crippen molar-refractivity contribution in [1.82, 2.24) is 0 Å². The third kappa shape index (κ3) is 2.25. The van der Waals surface area contributed by atoms with E-state index in [1.54, 1.807) is 0 Å². The number of rotatable bonds is 3. The smallest absolute Gasteiger partial charge is 0.319 e. The molecule has 1 fully saturated rings. The predicted molar refractivity (Wildman–Crippen MR) is 37.4 cm³/mol.